The van der Waals surface area contributed by atoms with E-state index in [4.69, 9.17) is 14.2 Å². The van der Waals surface area contributed by atoms with Crippen molar-refractivity contribution in [3.05, 3.63) is 64.8 Å². The Morgan fingerprint density at radius 3 is 2.36 bits per heavy atom. The lowest BCUT2D eigenvalue weighted by molar-refractivity contribution is -0.0235. The van der Waals surface area contributed by atoms with Crippen LogP contribution in [0.25, 0.3) is 10.9 Å². The average Bonchev–Trinajstić information content (AvgIpc) is 3.51. The number of ether oxygens (including phenoxy) is 3. The molecule has 9 heteroatoms. The van der Waals surface area contributed by atoms with Crippen molar-refractivity contribution in [3.8, 4) is 5.75 Å². The minimum atomic E-state index is -2.64. The van der Waals surface area contributed by atoms with Gasteiger partial charge in [-0.25, -0.2) is 18.4 Å². The maximum Gasteiger partial charge on any atom is 0.419 e. The van der Waals surface area contributed by atoms with Crippen molar-refractivity contribution in [2.24, 2.45) is 5.41 Å². The number of carbonyl (C=O) groups is 2. The predicted molar refractivity (Wildman–Crippen MR) is 156 cm³/mol. The van der Waals surface area contributed by atoms with Gasteiger partial charge >= 0.3 is 12.1 Å². The van der Waals surface area contributed by atoms with Crippen molar-refractivity contribution >= 4 is 23.0 Å². The Morgan fingerprint density at radius 1 is 1.05 bits per heavy atom. The van der Waals surface area contributed by atoms with E-state index >= 15 is 0 Å². The van der Waals surface area contributed by atoms with Gasteiger partial charge in [-0.3, -0.25) is 9.47 Å². The van der Waals surface area contributed by atoms with E-state index in [2.05, 4.69) is 4.90 Å². The molecule has 7 nitrogen and oxygen atoms in total. The van der Waals surface area contributed by atoms with Crippen LogP contribution < -0.4 is 4.74 Å². The Morgan fingerprint density at radius 2 is 1.76 bits per heavy atom. The normalized spacial score (nSPS) is 22.4. The third kappa shape index (κ3) is 5.89. The van der Waals surface area contributed by atoms with Crippen molar-refractivity contribution in [2.75, 3.05) is 20.8 Å². The van der Waals surface area contributed by atoms with Crippen molar-refractivity contribution in [1.82, 2.24) is 9.47 Å². The first-order chi connectivity index (χ1) is 19.7. The van der Waals surface area contributed by atoms with E-state index in [-0.39, 0.29) is 18.9 Å². The van der Waals surface area contributed by atoms with Crippen LogP contribution in [-0.4, -0.2) is 53.8 Å². The highest BCUT2D eigenvalue weighted by atomic mass is 19.3. The molecule has 0 amide bonds. The number of likely N-dealkylation sites (tertiary alicyclic amines) is 1. The van der Waals surface area contributed by atoms with Crippen LogP contribution in [0.2, 0.25) is 0 Å². The van der Waals surface area contributed by atoms with Gasteiger partial charge in [-0.2, -0.15) is 0 Å². The maximum atomic E-state index is 14.5. The number of halogens is 2. The van der Waals surface area contributed by atoms with Crippen LogP contribution in [0.4, 0.5) is 13.6 Å². The van der Waals surface area contributed by atoms with Crippen LogP contribution in [-0.2, 0) is 16.0 Å². The van der Waals surface area contributed by atoms with Gasteiger partial charge in [-0.05, 0) is 94.3 Å². The first kappa shape index (κ1) is 30.0. The number of methoxy groups -OCH3 is 2. The Balaban J connectivity index is 1.54. The number of hydrogen-bond donors (Lipinski definition) is 0. The average molecular weight is 583 g/mol. The van der Waals surface area contributed by atoms with E-state index < -0.39 is 29.0 Å². The summed E-state index contributed by atoms with van der Waals surface area (Å²) in [6.07, 6.45) is 2.87. The van der Waals surface area contributed by atoms with Crippen LogP contribution in [0.5, 0.6) is 5.75 Å². The van der Waals surface area contributed by atoms with Gasteiger partial charge < -0.3 is 14.2 Å². The highest BCUT2D eigenvalue weighted by Crippen LogP contribution is 2.56. The fourth-order valence-electron chi connectivity index (χ4n) is 6.79. The van der Waals surface area contributed by atoms with Crippen molar-refractivity contribution in [2.45, 2.75) is 83.9 Å². The fraction of sp³-hybridized carbons (Fsp3) is 0.515. The monoisotopic (exact) mass is 582 g/mol. The molecule has 0 N–H and O–H groups in total. The molecule has 3 aromatic rings. The van der Waals surface area contributed by atoms with Crippen LogP contribution in [0.1, 0.15) is 86.0 Å². The summed E-state index contributed by atoms with van der Waals surface area (Å²) in [4.78, 5) is 27.5. The van der Waals surface area contributed by atoms with Gasteiger partial charge in [0.15, 0.2) is 0 Å². The molecule has 42 heavy (non-hydrogen) atoms. The van der Waals surface area contributed by atoms with Gasteiger partial charge in [0, 0.05) is 42.6 Å². The number of benzene rings is 2. The number of aryl methyl sites for hydroxylation is 1. The molecule has 1 aliphatic heterocycles. The molecule has 2 aliphatic rings. The van der Waals surface area contributed by atoms with Crippen molar-refractivity contribution < 1.29 is 32.6 Å². The zero-order chi connectivity index (χ0) is 30.4. The lowest BCUT2D eigenvalue weighted by Gasteiger charge is -2.45. The Hall–Kier alpha value is -3.46. The molecule has 1 spiro atoms. The largest absolute Gasteiger partial charge is 0.496 e. The molecule has 2 heterocycles. The van der Waals surface area contributed by atoms with Gasteiger partial charge in [0.1, 0.15) is 11.4 Å². The van der Waals surface area contributed by atoms with E-state index in [1.54, 1.807) is 25.4 Å². The molecule has 2 unspecified atom stereocenters. The minimum absolute atomic E-state index is 0.0778. The number of rotatable bonds is 5. The molecular weight excluding hydrogens is 542 g/mol. The number of piperidine rings is 1. The minimum Gasteiger partial charge on any atom is -0.496 e. The van der Waals surface area contributed by atoms with Crippen LogP contribution in [0.15, 0.2) is 42.6 Å². The molecule has 1 saturated heterocycles. The predicted octanol–water partition coefficient (Wildman–Crippen LogP) is 7.67. The van der Waals surface area contributed by atoms with Gasteiger partial charge in [0.05, 0.1) is 25.3 Å². The zero-order valence-electron chi connectivity index (χ0n) is 25.3. The molecule has 2 aromatic carbocycles. The third-order valence-electron chi connectivity index (χ3n) is 8.77. The van der Waals surface area contributed by atoms with E-state index in [1.165, 1.54) is 11.7 Å². The molecule has 1 aromatic heterocycles. The summed E-state index contributed by atoms with van der Waals surface area (Å²) in [5.41, 5.74) is 2.88. The summed E-state index contributed by atoms with van der Waals surface area (Å²) in [7, 11) is 2.97. The van der Waals surface area contributed by atoms with Crippen LogP contribution >= 0.6 is 0 Å². The molecule has 1 saturated carbocycles. The van der Waals surface area contributed by atoms with E-state index in [0.717, 1.165) is 27.6 Å². The molecule has 2 atom stereocenters. The number of hydrogen-bond acceptors (Lipinski definition) is 6. The van der Waals surface area contributed by atoms with Gasteiger partial charge in [-0.1, -0.05) is 12.1 Å². The lowest BCUT2D eigenvalue weighted by atomic mass is 9.72. The molecule has 0 radical (unpaired) electrons. The number of alkyl halides is 2. The Bertz CT molecular complexity index is 1490. The first-order valence-corrected chi connectivity index (χ1v) is 14.5. The summed E-state index contributed by atoms with van der Waals surface area (Å²) in [6.45, 7) is 8.56. The van der Waals surface area contributed by atoms with Crippen LogP contribution in [0, 0.1) is 12.3 Å². The number of nitrogens with zero attached hydrogens (tertiary/aromatic N) is 2. The van der Waals surface area contributed by atoms with E-state index in [9.17, 15) is 18.4 Å². The summed E-state index contributed by atoms with van der Waals surface area (Å²) >= 11 is 0. The van der Waals surface area contributed by atoms with E-state index in [1.807, 2.05) is 52.0 Å². The molecular formula is C33H40F2N2O5. The summed E-state index contributed by atoms with van der Waals surface area (Å²) in [6, 6.07) is 11.0. The second-order valence-corrected chi connectivity index (χ2v) is 12.9. The zero-order valence-corrected chi connectivity index (χ0v) is 25.3. The molecule has 2 fully saturated rings. The molecule has 0 bridgehead atoms. The number of aromatic nitrogens is 1. The standard InChI is InChI=1S/C33H40F2N2O5/c1-21-17-27(40-5)25(24-11-15-37(28(21)24)30(39)42-31(2,3)4)19-36-16-14-32(12-13-33(34,35)20-32)18-26(36)22-7-9-23(10-8-22)29(38)41-6/h7-11,15,17,26H,12-14,16,18-20H2,1-6H3. The highest BCUT2D eigenvalue weighted by molar-refractivity contribution is 5.95. The quantitative estimate of drug-likeness (QED) is 0.288. The SMILES string of the molecule is COC(=O)c1ccc(C2CC3(CCN2Cc2c(OC)cc(C)c4c2ccn4C(=O)OC(C)(C)C)CCC(F)(F)C3)cc1. The summed E-state index contributed by atoms with van der Waals surface area (Å²) < 4.78 is 46.9. The van der Waals surface area contributed by atoms with Crippen molar-refractivity contribution in [1.29, 1.82) is 0 Å². The molecule has 1 aliphatic carbocycles. The number of fused-ring (bicyclic) bond motifs is 1. The Labute approximate surface area is 245 Å². The van der Waals surface area contributed by atoms with Gasteiger partial charge in [0.2, 0.25) is 5.92 Å². The van der Waals surface area contributed by atoms with Crippen molar-refractivity contribution in [3.63, 3.8) is 0 Å². The first-order valence-electron chi connectivity index (χ1n) is 14.5. The maximum absolute atomic E-state index is 14.5. The third-order valence-corrected chi connectivity index (χ3v) is 8.77. The smallest absolute Gasteiger partial charge is 0.419 e. The van der Waals surface area contributed by atoms with E-state index in [0.29, 0.717) is 43.7 Å². The highest BCUT2D eigenvalue weighted by Gasteiger charge is 2.52. The number of esters is 1. The number of carbonyl (C=O) groups excluding carboxylic acids is 2. The second kappa shape index (κ2) is 11.0. The molecule has 5 rings (SSSR count). The fourth-order valence-corrected chi connectivity index (χ4v) is 6.79. The lowest BCUT2D eigenvalue weighted by Crippen LogP contribution is -2.41. The summed E-state index contributed by atoms with van der Waals surface area (Å²) in [5, 5.41) is 0.880. The summed E-state index contributed by atoms with van der Waals surface area (Å²) in [5.74, 6) is -2.36. The topological polar surface area (TPSA) is 70.0 Å². The van der Waals surface area contributed by atoms with Gasteiger partial charge in [0.25, 0.3) is 0 Å². The molecule has 226 valence electrons. The second-order valence-electron chi connectivity index (χ2n) is 12.9. The van der Waals surface area contributed by atoms with Gasteiger partial charge in [-0.15, -0.1) is 0 Å². The van der Waals surface area contributed by atoms with Crippen LogP contribution in [0.3, 0.4) is 0 Å². The Kier molecular flexibility index (Phi) is 7.85.